The summed E-state index contributed by atoms with van der Waals surface area (Å²) in [5, 5.41) is 0. The predicted molar refractivity (Wildman–Crippen MR) is 89.2 cm³/mol. The Morgan fingerprint density at radius 1 is 1.18 bits per heavy atom. The molecule has 4 nitrogen and oxygen atoms in total. The van der Waals surface area contributed by atoms with Gasteiger partial charge in [-0.3, -0.25) is 4.79 Å². The number of aromatic nitrogens is 1. The molecule has 0 bridgehead atoms. The second-order valence-corrected chi connectivity index (χ2v) is 5.45. The van der Waals surface area contributed by atoms with Crippen LogP contribution in [0.15, 0.2) is 41.2 Å². The van der Waals surface area contributed by atoms with Gasteiger partial charge in [0.25, 0.3) is 5.56 Å². The maximum absolute atomic E-state index is 12.7. The minimum absolute atomic E-state index is 0.0379. The molecule has 0 saturated carbocycles. The van der Waals surface area contributed by atoms with E-state index in [0.29, 0.717) is 18.7 Å². The topological polar surface area (TPSA) is 57.2 Å². The third kappa shape index (κ3) is 3.46. The lowest BCUT2D eigenvalue weighted by molar-refractivity contribution is 0.185. The highest BCUT2D eigenvalue weighted by molar-refractivity contribution is 5.32. The van der Waals surface area contributed by atoms with E-state index < -0.39 is 6.04 Å². The van der Waals surface area contributed by atoms with Crippen molar-refractivity contribution in [1.82, 2.24) is 4.57 Å². The van der Waals surface area contributed by atoms with Crippen LogP contribution in [0.25, 0.3) is 0 Å². The summed E-state index contributed by atoms with van der Waals surface area (Å²) in [4.78, 5) is 12.7. The summed E-state index contributed by atoms with van der Waals surface area (Å²) in [7, 11) is 1.63. The number of pyridine rings is 1. The normalized spacial score (nSPS) is 12.4. The first-order chi connectivity index (χ1) is 10.6. The van der Waals surface area contributed by atoms with Crippen molar-refractivity contribution >= 4 is 0 Å². The summed E-state index contributed by atoms with van der Waals surface area (Å²) in [5.41, 5.74) is 10.0. The van der Waals surface area contributed by atoms with Crippen molar-refractivity contribution in [1.29, 1.82) is 0 Å². The molecule has 0 amide bonds. The van der Waals surface area contributed by atoms with Crippen molar-refractivity contribution in [3.8, 4) is 0 Å². The van der Waals surface area contributed by atoms with Crippen LogP contribution in [0.5, 0.6) is 0 Å². The van der Waals surface area contributed by atoms with E-state index in [9.17, 15) is 4.79 Å². The number of rotatable bonds is 6. The molecule has 1 aromatic heterocycles. The van der Waals surface area contributed by atoms with E-state index in [-0.39, 0.29) is 5.56 Å². The second kappa shape index (κ2) is 7.38. The molecule has 0 fully saturated rings. The zero-order valence-electron chi connectivity index (χ0n) is 13.5. The molecule has 0 spiro atoms. The van der Waals surface area contributed by atoms with Gasteiger partial charge in [-0.05, 0) is 36.6 Å². The number of aryl methyl sites for hydroxylation is 2. The van der Waals surface area contributed by atoms with Gasteiger partial charge in [0.2, 0.25) is 0 Å². The molecular weight excluding hydrogens is 276 g/mol. The van der Waals surface area contributed by atoms with Gasteiger partial charge in [-0.1, -0.05) is 31.2 Å². The summed E-state index contributed by atoms with van der Waals surface area (Å²) in [5.74, 6) is 0. The number of ether oxygens (including phenoxy) is 1. The van der Waals surface area contributed by atoms with Crippen molar-refractivity contribution in [2.24, 2.45) is 5.73 Å². The minimum Gasteiger partial charge on any atom is -0.383 e. The van der Waals surface area contributed by atoms with Crippen LogP contribution in [-0.2, 0) is 17.7 Å². The zero-order valence-corrected chi connectivity index (χ0v) is 13.5. The van der Waals surface area contributed by atoms with E-state index in [0.717, 1.165) is 17.7 Å². The first kappa shape index (κ1) is 16.5. The molecule has 2 rings (SSSR count). The monoisotopic (exact) mass is 300 g/mol. The van der Waals surface area contributed by atoms with Crippen LogP contribution >= 0.6 is 0 Å². The molecule has 0 radical (unpaired) electrons. The maximum atomic E-state index is 12.7. The van der Waals surface area contributed by atoms with Gasteiger partial charge in [-0.15, -0.1) is 0 Å². The van der Waals surface area contributed by atoms with Gasteiger partial charge in [-0.2, -0.15) is 0 Å². The minimum atomic E-state index is -0.409. The van der Waals surface area contributed by atoms with Gasteiger partial charge < -0.3 is 15.0 Å². The van der Waals surface area contributed by atoms with E-state index in [2.05, 4.69) is 19.1 Å². The summed E-state index contributed by atoms with van der Waals surface area (Å²) in [6, 6.07) is 11.5. The molecule has 2 aromatic rings. The van der Waals surface area contributed by atoms with Crippen molar-refractivity contribution in [3.05, 3.63) is 69.1 Å². The Kier molecular flexibility index (Phi) is 5.52. The molecule has 0 saturated heterocycles. The van der Waals surface area contributed by atoms with Gasteiger partial charge in [0.05, 0.1) is 12.6 Å². The molecule has 1 aromatic carbocycles. The van der Waals surface area contributed by atoms with Crippen molar-refractivity contribution in [2.45, 2.75) is 32.9 Å². The van der Waals surface area contributed by atoms with Crippen LogP contribution in [0.2, 0.25) is 0 Å². The number of hydrogen-bond acceptors (Lipinski definition) is 3. The van der Waals surface area contributed by atoms with Crippen LogP contribution in [0.4, 0.5) is 0 Å². The Morgan fingerprint density at radius 2 is 1.86 bits per heavy atom. The first-order valence-electron chi connectivity index (χ1n) is 7.62. The summed E-state index contributed by atoms with van der Waals surface area (Å²) >= 11 is 0. The van der Waals surface area contributed by atoms with Crippen molar-refractivity contribution in [2.75, 3.05) is 13.7 Å². The lowest BCUT2D eigenvalue weighted by Crippen LogP contribution is -2.31. The second-order valence-electron chi connectivity index (χ2n) is 5.45. The average molecular weight is 300 g/mol. The van der Waals surface area contributed by atoms with Crippen LogP contribution in [0, 0.1) is 6.92 Å². The number of nitrogens with zero attached hydrogens (tertiary/aromatic N) is 1. The quantitative estimate of drug-likeness (QED) is 0.891. The highest BCUT2D eigenvalue weighted by Crippen LogP contribution is 2.18. The van der Waals surface area contributed by atoms with Gasteiger partial charge in [0.1, 0.15) is 0 Å². The summed E-state index contributed by atoms with van der Waals surface area (Å²) in [6.45, 7) is 5.08. The van der Waals surface area contributed by atoms with Crippen LogP contribution < -0.4 is 11.3 Å². The fourth-order valence-corrected chi connectivity index (χ4v) is 2.53. The Hall–Kier alpha value is -1.91. The highest BCUT2D eigenvalue weighted by Gasteiger charge is 2.15. The van der Waals surface area contributed by atoms with E-state index in [4.69, 9.17) is 10.5 Å². The number of benzene rings is 1. The van der Waals surface area contributed by atoms with Gasteiger partial charge >= 0.3 is 0 Å². The smallest absolute Gasteiger partial charge is 0.255 e. The predicted octanol–water partition coefficient (Wildman–Crippen LogP) is 2.41. The van der Waals surface area contributed by atoms with E-state index in [1.54, 1.807) is 11.7 Å². The van der Waals surface area contributed by atoms with E-state index in [1.807, 2.05) is 31.2 Å². The molecule has 1 atom stereocenters. The lowest BCUT2D eigenvalue weighted by atomic mass is 9.99. The Bertz CT molecular complexity index is 674. The Morgan fingerprint density at radius 3 is 2.45 bits per heavy atom. The highest BCUT2D eigenvalue weighted by atomic mass is 16.5. The first-order valence-corrected chi connectivity index (χ1v) is 7.62. The van der Waals surface area contributed by atoms with Crippen LogP contribution in [0.1, 0.15) is 35.3 Å². The van der Waals surface area contributed by atoms with Crippen molar-refractivity contribution in [3.63, 3.8) is 0 Å². The number of hydrogen-bond donors (Lipinski definition) is 1. The van der Waals surface area contributed by atoms with Crippen molar-refractivity contribution < 1.29 is 4.74 Å². The fraction of sp³-hybridized carbons (Fsp3) is 0.389. The summed E-state index contributed by atoms with van der Waals surface area (Å²) in [6.07, 6.45) is 0.990. The Labute approximate surface area is 131 Å². The van der Waals surface area contributed by atoms with Gasteiger partial charge in [0.15, 0.2) is 0 Å². The fourth-order valence-electron chi connectivity index (χ4n) is 2.53. The number of methoxy groups -OCH3 is 1. The maximum Gasteiger partial charge on any atom is 0.255 e. The third-order valence-electron chi connectivity index (χ3n) is 4.02. The van der Waals surface area contributed by atoms with Gasteiger partial charge in [-0.25, -0.2) is 0 Å². The Balaban J connectivity index is 2.36. The molecule has 0 aliphatic rings. The molecule has 2 N–H and O–H groups in total. The molecule has 0 aliphatic heterocycles. The molecule has 118 valence electrons. The largest absolute Gasteiger partial charge is 0.383 e. The molecule has 4 heteroatoms. The number of nitrogens with two attached hydrogens (primary N) is 1. The third-order valence-corrected chi connectivity index (χ3v) is 4.02. The van der Waals surface area contributed by atoms with E-state index >= 15 is 0 Å². The molecular formula is C18H24N2O2. The van der Waals surface area contributed by atoms with Crippen LogP contribution in [0.3, 0.4) is 0 Å². The zero-order chi connectivity index (χ0) is 16.1. The molecule has 1 heterocycles. The molecule has 1 unspecified atom stereocenters. The van der Waals surface area contributed by atoms with Gasteiger partial charge in [0, 0.05) is 24.9 Å². The van der Waals surface area contributed by atoms with E-state index in [1.165, 1.54) is 5.56 Å². The molecule has 22 heavy (non-hydrogen) atoms. The summed E-state index contributed by atoms with van der Waals surface area (Å²) < 4.78 is 6.80. The lowest BCUT2D eigenvalue weighted by Gasteiger charge is -2.16. The average Bonchev–Trinajstić information content (AvgIpc) is 2.54. The standard InChI is InChI=1S/C18H24N2O2/c1-4-14-6-8-15(9-7-14)17(19)16-10-5-13(2)20(18(16)21)11-12-22-3/h5-10,17H,4,11-12,19H2,1-3H3. The SMILES string of the molecule is CCc1ccc(C(N)c2ccc(C)n(CCOC)c2=O)cc1. The molecule has 0 aliphatic carbocycles. The van der Waals surface area contributed by atoms with Crippen LogP contribution in [-0.4, -0.2) is 18.3 Å².